The number of halogens is 4. The van der Waals surface area contributed by atoms with Crippen LogP contribution in [0, 0.1) is 19.3 Å². The zero-order valence-electron chi connectivity index (χ0n) is 26.5. The van der Waals surface area contributed by atoms with Crippen molar-refractivity contribution in [2.75, 3.05) is 50.8 Å². The largest absolute Gasteiger partial charge is 0.461 e. The van der Waals surface area contributed by atoms with Gasteiger partial charge in [-0.05, 0) is 54.3 Å². The van der Waals surface area contributed by atoms with Gasteiger partial charge in [0, 0.05) is 37.0 Å². The Morgan fingerprint density at radius 1 is 1.10 bits per heavy atom. The van der Waals surface area contributed by atoms with E-state index in [4.69, 9.17) is 11.3 Å². The third kappa shape index (κ3) is 5.49. The summed E-state index contributed by atoms with van der Waals surface area (Å²) in [6.07, 6.45) is 0.964. The van der Waals surface area contributed by atoms with E-state index in [0.717, 1.165) is 22.8 Å². The van der Waals surface area contributed by atoms with Crippen LogP contribution in [0.4, 0.5) is 23.4 Å². The number of nitrogens with zero attached hydrogens (tertiary/aromatic N) is 6. The Labute approximate surface area is 275 Å². The van der Waals surface area contributed by atoms with E-state index in [2.05, 4.69) is 21.4 Å². The molecule has 4 heterocycles. The zero-order chi connectivity index (χ0) is 33.8. The van der Waals surface area contributed by atoms with Gasteiger partial charge >= 0.3 is 6.01 Å². The third-order valence-corrected chi connectivity index (χ3v) is 9.97. The van der Waals surface area contributed by atoms with E-state index in [9.17, 15) is 18.0 Å². The van der Waals surface area contributed by atoms with E-state index in [-0.39, 0.29) is 57.3 Å². The second kappa shape index (κ2) is 12.0. The van der Waals surface area contributed by atoms with Crippen LogP contribution >= 0.6 is 0 Å². The maximum Gasteiger partial charge on any atom is 0.319 e. The number of hydrogen-bond donors (Lipinski definition) is 0. The maximum absolute atomic E-state index is 16.8. The number of fused-ring (bicyclic) bond motifs is 3. The minimum absolute atomic E-state index is 0.00649. The van der Waals surface area contributed by atoms with Crippen molar-refractivity contribution in [3.05, 3.63) is 83.7 Å². The molecule has 0 bridgehead atoms. The molecular weight excluding hydrogens is 624 g/mol. The highest BCUT2D eigenvalue weighted by Gasteiger charge is 2.57. The molecule has 48 heavy (non-hydrogen) atoms. The van der Waals surface area contributed by atoms with Crippen LogP contribution in [0.1, 0.15) is 24.8 Å². The van der Waals surface area contributed by atoms with Gasteiger partial charge in [0.15, 0.2) is 11.6 Å². The van der Waals surface area contributed by atoms with Gasteiger partial charge in [0.25, 0.3) is 11.8 Å². The van der Waals surface area contributed by atoms with Crippen molar-refractivity contribution in [2.24, 2.45) is 0 Å². The van der Waals surface area contributed by atoms with E-state index in [1.807, 2.05) is 48.2 Å². The number of aromatic nitrogens is 2. The molecule has 0 saturated carbocycles. The highest BCUT2D eigenvalue weighted by molar-refractivity contribution is 6.02. The van der Waals surface area contributed by atoms with Crippen molar-refractivity contribution in [1.82, 2.24) is 19.8 Å². The summed E-state index contributed by atoms with van der Waals surface area (Å²) in [5, 5.41) is 2.25. The minimum atomic E-state index is -2.84. The molecule has 3 saturated heterocycles. The van der Waals surface area contributed by atoms with Crippen molar-refractivity contribution in [2.45, 2.75) is 43.7 Å². The van der Waals surface area contributed by atoms with Crippen LogP contribution in [0.2, 0.25) is 0 Å². The number of ether oxygens (including phenoxy) is 1. The van der Waals surface area contributed by atoms with Crippen molar-refractivity contribution in [3.8, 4) is 17.1 Å². The average Bonchev–Trinajstić information content (AvgIpc) is 3.55. The van der Waals surface area contributed by atoms with Crippen LogP contribution in [0.15, 0.2) is 60.9 Å². The van der Waals surface area contributed by atoms with E-state index in [0.29, 0.717) is 35.3 Å². The van der Waals surface area contributed by atoms with Gasteiger partial charge in [0.1, 0.15) is 24.0 Å². The molecule has 1 amide bonds. The Balaban J connectivity index is 1.33. The van der Waals surface area contributed by atoms with E-state index >= 15 is 4.39 Å². The normalized spacial score (nSPS) is 22.2. The Hall–Kier alpha value is -4.76. The lowest BCUT2D eigenvalue weighted by atomic mass is 9.94. The second-order valence-corrected chi connectivity index (χ2v) is 13.0. The lowest BCUT2D eigenvalue weighted by molar-refractivity contribution is -0.131. The first kappa shape index (κ1) is 31.8. The Kier molecular flexibility index (Phi) is 7.98. The summed E-state index contributed by atoms with van der Waals surface area (Å²) in [5.74, 6) is -5.11. The summed E-state index contributed by atoms with van der Waals surface area (Å²) in [7, 11) is 0. The predicted molar refractivity (Wildman–Crippen MR) is 175 cm³/mol. The monoisotopic (exact) mass is 658 g/mol. The molecule has 7 rings (SSSR count). The van der Waals surface area contributed by atoms with Gasteiger partial charge in [-0.25, -0.2) is 24.1 Å². The quantitative estimate of drug-likeness (QED) is 0.127. The summed E-state index contributed by atoms with van der Waals surface area (Å²) in [4.78, 5) is 30.1. The lowest BCUT2D eigenvalue weighted by Crippen LogP contribution is -2.56. The fraction of sp³-hybridized carbons (Fsp3) is 0.389. The molecule has 0 spiro atoms. The number of carbonyl (C=O) groups is 1. The average molecular weight is 659 g/mol. The van der Waals surface area contributed by atoms with Gasteiger partial charge in [-0.3, -0.25) is 9.69 Å². The number of hydrogen-bond acceptors (Lipinski definition) is 6. The molecule has 1 aromatic heterocycles. The number of anilines is 1. The Morgan fingerprint density at radius 3 is 2.67 bits per heavy atom. The number of rotatable bonds is 7. The van der Waals surface area contributed by atoms with Crippen LogP contribution in [0.5, 0.6) is 6.01 Å². The molecule has 3 fully saturated rings. The molecule has 0 radical (unpaired) electrons. The highest BCUT2D eigenvalue weighted by atomic mass is 19.3. The maximum atomic E-state index is 16.8. The topological polar surface area (TPSA) is 66.2 Å². The zero-order valence-corrected chi connectivity index (χ0v) is 26.5. The fourth-order valence-corrected chi connectivity index (χ4v) is 7.80. The molecule has 3 aliphatic heterocycles. The first-order valence-corrected chi connectivity index (χ1v) is 16.0. The van der Waals surface area contributed by atoms with Crippen molar-refractivity contribution >= 4 is 33.4 Å². The number of piperazine rings is 1. The van der Waals surface area contributed by atoms with Crippen LogP contribution in [0.25, 0.3) is 37.6 Å². The molecule has 0 N–H and O–H groups in total. The molecular formula is C36H34F4N6O2. The SMILES string of the molecule is [C-]#[N+]C[C@H]1CN(c2nc(OC[C@@]34CCCN3CC(F)(F)C4)nc3c(F)c(-c4cccc5cccc(C)c45)ccc23)CCN1C(=O)C(=C)F. The number of benzene rings is 3. The second-order valence-electron chi connectivity index (χ2n) is 13.0. The standard InChI is InChI=1S/C36H34F4N6O2/c1-22-7-4-8-24-9-5-10-26(29(22)24)27-11-12-28-31(30(27)38)42-34(48-21-35-13-6-14-45(35)20-36(39,40)19-35)43-32(28)44-15-16-46(33(47)23(2)37)25(18-44)17-41-3/h4-5,7-12,25H,2,6,13-21H2,1H3/t25-,35-/m0/s1. The number of amides is 1. The van der Waals surface area contributed by atoms with E-state index in [1.165, 1.54) is 4.90 Å². The Bertz CT molecular complexity index is 1990. The van der Waals surface area contributed by atoms with Crippen LogP contribution in [-0.4, -0.2) is 89.1 Å². The molecule has 0 unspecified atom stereocenters. The van der Waals surface area contributed by atoms with E-state index in [1.54, 1.807) is 17.0 Å². The predicted octanol–water partition coefficient (Wildman–Crippen LogP) is 6.57. The summed E-state index contributed by atoms with van der Waals surface area (Å²) in [6, 6.07) is 14.2. The molecule has 3 aromatic carbocycles. The van der Waals surface area contributed by atoms with Crippen LogP contribution in [0.3, 0.4) is 0 Å². The van der Waals surface area contributed by atoms with Gasteiger partial charge < -0.3 is 19.4 Å². The first-order valence-electron chi connectivity index (χ1n) is 16.0. The molecule has 248 valence electrons. The molecule has 2 atom stereocenters. The van der Waals surface area contributed by atoms with Crippen molar-refractivity contribution < 1.29 is 27.1 Å². The minimum Gasteiger partial charge on any atom is -0.461 e. The summed E-state index contributed by atoms with van der Waals surface area (Å²) >= 11 is 0. The highest BCUT2D eigenvalue weighted by Crippen LogP contribution is 2.46. The van der Waals surface area contributed by atoms with E-state index < -0.39 is 35.1 Å². The molecule has 8 nitrogen and oxygen atoms in total. The first-order chi connectivity index (χ1) is 23.0. The molecule has 3 aliphatic rings. The molecule has 4 aromatic rings. The van der Waals surface area contributed by atoms with Gasteiger partial charge in [0.05, 0.1) is 12.1 Å². The number of carbonyl (C=O) groups excluding carboxylic acids is 1. The van der Waals surface area contributed by atoms with Gasteiger partial charge in [-0.2, -0.15) is 9.97 Å². The van der Waals surface area contributed by atoms with Crippen molar-refractivity contribution in [3.63, 3.8) is 0 Å². The van der Waals surface area contributed by atoms with Gasteiger partial charge in [-0.1, -0.05) is 49.0 Å². The molecule has 12 heteroatoms. The number of aryl methyl sites for hydroxylation is 1. The molecule has 0 aliphatic carbocycles. The smallest absolute Gasteiger partial charge is 0.319 e. The Morgan fingerprint density at radius 2 is 1.90 bits per heavy atom. The summed E-state index contributed by atoms with van der Waals surface area (Å²) in [5.41, 5.74) is 1.13. The van der Waals surface area contributed by atoms with Crippen LogP contribution < -0.4 is 9.64 Å². The number of alkyl halides is 2. The third-order valence-electron chi connectivity index (χ3n) is 9.97. The fourth-order valence-electron chi connectivity index (χ4n) is 7.80. The lowest BCUT2D eigenvalue weighted by Gasteiger charge is -2.39. The van der Waals surface area contributed by atoms with Gasteiger partial charge in [-0.15, -0.1) is 0 Å². The summed E-state index contributed by atoms with van der Waals surface area (Å²) in [6.45, 7) is 13.0. The van der Waals surface area contributed by atoms with Gasteiger partial charge in [0.2, 0.25) is 6.54 Å². The van der Waals surface area contributed by atoms with Crippen molar-refractivity contribution in [1.29, 1.82) is 0 Å². The van der Waals surface area contributed by atoms with Crippen LogP contribution in [-0.2, 0) is 4.79 Å². The summed E-state index contributed by atoms with van der Waals surface area (Å²) < 4.78 is 65.9.